The van der Waals surface area contributed by atoms with Crippen LogP contribution in [0.2, 0.25) is 5.02 Å². The highest BCUT2D eigenvalue weighted by atomic mass is 35.5. The van der Waals surface area contributed by atoms with Crippen LogP contribution in [0.1, 0.15) is 18.4 Å². The number of nitrogens with one attached hydrogen (secondary N) is 1. The predicted molar refractivity (Wildman–Crippen MR) is 61.1 cm³/mol. The first-order valence-corrected chi connectivity index (χ1v) is 5.63. The Kier molecular flexibility index (Phi) is 3.23. The minimum atomic E-state index is -4.40. The van der Waals surface area contributed by atoms with E-state index in [1.54, 1.807) is 0 Å². The fourth-order valence-electron chi connectivity index (χ4n) is 1.89. The van der Waals surface area contributed by atoms with E-state index in [1.165, 1.54) is 12.1 Å². The molecule has 0 amide bonds. The zero-order valence-electron chi connectivity index (χ0n) is 8.89. The van der Waals surface area contributed by atoms with Crippen LogP contribution in [-0.2, 0) is 6.18 Å². The standard InChI is InChI=1S/C11H12ClF3N2/c12-9-3-1-2-8(11(13,14)15)10(9)17-7-4-6(16)5-7/h1-3,6-7,17H,4-5,16H2. The number of hydrogen-bond acceptors (Lipinski definition) is 2. The van der Waals surface area contributed by atoms with Crippen molar-refractivity contribution in [2.24, 2.45) is 5.73 Å². The molecule has 1 fully saturated rings. The fraction of sp³-hybridized carbons (Fsp3) is 0.455. The lowest BCUT2D eigenvalue weighted by atomic mass is 9.87. The molecule has 2 rings (SSSR count). The van der Waals surface area contributed by atoms with Crippen LogP contribution in [0.15, 0.2) is 18.2 Å². The molecular weight excluding hydrogens is 253 g/mol. The average molecular weight is 265 g/mol. The Morgan fingerprint density at radius 2 is 1.94 bits per heavy atom. The highest BCUT2D eigenvalue weighted by Gasteiger charge is 2.36. The van der Waals surface area contributed by atoms with Gasteiger partial charge in [-0.25, -0.2) is 0 Å². The molecule has 0 bridgehead atoms. The number of halogens is 4. The maximum absolute atomic E-state index is 12.8. The van der Waals surface area contributed by atoms with E-state index in [9.17, 15) is 13.2 Å². The third-order valence-electron chi connectivity index (χ3n) is 2.84. The second-order valence-electron chi connectivity index (χ2n) is 4.23. The number of para-hydroxylation sites is 1. The zero-order chi connectivity index (χ0) is 12.6. The Morgan fingerprint density at radius 1 is 1.29 bits per heavy atom. The van der Waals surface area contributed by atoms with Crippen molar-refractivity contribution in [3.8, 4) is 0 Å². The van der Waals surface area contributed by atoms with Gasteiger partial charge in [0.1, 0.15) is 0 Å². The summed E-state index contributed by atoms with van der Waals surface area (Å²) >= 11 is 5.80. The van der Waals surface area contributed by atoms with E-state index in [2.05, 4.69) is 5.32 Å². The van der Waals surface area contributed by atoms with Gasteiger partial charge in [-0.2, -0.15) is 13.2 Å². The lowest BCUT2D eigenvalue weighted by Crippen LogP contribution is -2.44. The molecule has 0 aromatic heterocycles. The van der Waals surface area contributed by atoms with Crippen LogP contribution < -0.4 is 11.1 Å². The largest absolute Gasteiger partial charge is 0.418 e. The van der Waals surface area contributed by atoms with Crippen LogP contribution >= 0.6 is 11.6 Å². The van der Waals surface area contributed by atoms with Gasteiger partial charge < -0.3 is 11.1 Å². The number of rotatable bonds is 2. The van der Waals surface area contributed by atoms with Crippen molar-refractivity contribution >= 4 is 17.3 Å². The van der Waals surface area contributed by atoms with E-state index in [1.807, 2.05) is 0 Å². The van der Waals surface area contributed by atoms with Gasteiger partial charge in [0, 0.05) is 12.1 Å². The topological polar surface area (TPSA) is 38.0 Å². The molecule has 0 heterocycles. The molecular formula is C11H12ClF3N2. The van der Waals surface area contributed by atoms with Gasteiger partial charge in [0.25, 0.3) is 0 Å². The van der Waals surface area contributed by atoms with E-state index >= 15 is 0 Å². The molecule has 1 aromatic carbocycles. The van der Waals surface area contributed by atoms with Crippen molar-refractivity contribution in [2.75, 3.05) is 5.32 Å². The van der Waals surface area contributed by atoms with Crippen molar-refractivity contribution in [2.45, 2.75) is 31.1 Å². The molecule has 0 atom stereocenters. The molecule has 17 heavy (non-hydrogen) atoms. The first-order valence-electron chi connectivity index (χ1n) is 5.25. The lowest BCUT2D eigenvalue weighted by molar-refractivity contribution is -0.137. The van der Waals surface area contributed by atoms with Gasteiger partial charge >= 0.3 is 6.18 Å². The summed E-state index contributed by atoms with van der Waals surface area (Å²) in [6.07, 6.45) is -3.07. The third-order valence-corrected chi connectivity index (χ3v) is 3.16. The second kappa shape index (κ2) is 4.38. The summed E-state index contributed by atoms with van der Waals surface area (Å²) in [4.78, 5) is 0. The molecule has 1 aliphatic rings. The van der Waals surface area contributed by atoms with E-state index in [0.29, 0.717) is 12.8 Å². The maximum atomic E-state index is 12.8. The lowest BCUT2D eigenvalue weighted by Gasteiger charge is -2.34. The average Bonchev–Trinajstić information content (AvgIpc) is 2.16. The van der Waals surface area contributed by atoms with E-state index < -0.39 is 11.7 Å². The maximum Gasteiger partial charge on any atom is 0.418 e. The van der Waals surface area contributed by atoms with E-state index in [-0.39, 0.29) is 22.8 Å². The zero-order valence-corrected chi connectivity index (χ0v) is 9.65. The third kappa shape index (κ3) is 2.66. The summed E-state index contributed by atoms with van der Waals surface area (Å²) in [5.41, 5.74) is 4.82. The molecule has 6 heteroatoms. The molecule has 0 aliphatic heterocycles. The quantitative estimate of drug-likeness (QED) is 0.860. The van der Waals surface area contributed by atoms with Gasteiger partial charge in [-0.1, -0.05) is 17.7 Å². The Hall–Kier alpha value is -0.940. The van der Waals surface area contributed by atoms with Gasteiger partial charge in [-0.15, -0.1) is 0 Å². The highest BCUT2D eigenvalue weighted by Crippen LogP contribution is 2.39. The minimum absolute atomic E-state index is 0.0222. The molecule has 1 saturated carbocycles. The van der Waals surface area contributed by atoms with Crippen LogP contribution in [0.3, 0.4) is 0 Å². The molecule has 1 aromatic rings. The fourth-order valence-corrected chi connectivity index (χ4v) is 2.12. The summed E-state index contributed by atoms with van der Waals surface area (Å²) in [6.45, 7) is 0. The van der Waals surface area contributed by atoms with Crippen molar-refractivity contribution in [3.63, 3.8) is 0 Å². The second-order valence-corrected chi connectivity index (χ2v) is 4.64. The van der Waals surface area contributed by atoms with E-state index in [0.717, 1.165) is 6.07 Å². The van der Waals surface area contributed by atoms with Gasteiger partial charge in [0.2, 0.25) is 0 Å². The Morgan fingerprint density at radius 3 is 2.47 bits per heavy atom. The smallest absolute Gasteiger partial charge is 0.380 e. The van der Waals surface area contributed by atoms with Gasteiger partial charge in [0.05, 0.1) is 16.3 Å². The van der Waals surface area contributed by atoms with Gasteiger partial charge in [-0.05, 0) is 25.0 Å². The summed E-state index contributed by atoms with van der Waals surface area (Å²) in [7, 11) is 0. The van der Waals surface area contributed by atoms with Crippen LogP contribution in [0.5, 0.6) is 0 Å². The van der Waals surface area contributed by atoms with Gasteiger partial charge in [0.15, 0.2) is 0 Å². The number of hydrogen-bond donors (Lipinski definition) is 2. The molecule has 3 N–H and O–H groups in total. The van der Waals surface area contributed by atoms with E-state index in [4.69, 9.17) is 17.3 Å². The molecule has 94 valence electrons. The van der Waals surface area contributed by atoms with Crippen LogP contribution in [-0.4, -0.2) is 12.1 Å². The Balaban J connectivity index is 2.25. The van der Waals surface area contributed by atoms with Crippen LogP contribution in [0.4, 0.5) is 18.9 Å². The molecule has 1 aliphatic carbocycles. The SMILES string of the molecule is NC1CC(Nc2c(Cl)cccc2C(F)(F)F)C1. The molecule has 0 unspecified atom stereocenters. The predicted octanol–water partition coefficient (Wildman–Crippen LogP) is 3.26. The summed E-state index contributed by atoms with van der Waals surface area (Å²) in [5, 5.41) is 2.90. The number of anilines is 1. The van der Waals surface area contributed by atoms with Gasteiger partial charge in [-0.3, -0.25) is 0 Å². The minimum Gasteiger partial charge on any atom is -0.380 e. The summed E-state index contributed by atoms with van der Waals surface area (Å²) < 4.78 is 38.3. The van der Waals surface area contributed by atoms with Crippen molar-refractivity contribution in [1.29, 1.82) is 0 Å². The molecule has 2 nitrogen and oxygen atoms in total. The normalized spacial score (nSPS) is 24.3. The van der Waals surface area contributed by atoms with Crippen LogP contribution in [0.25, 0.3) is 0 Å². The monoisotopic (exact) mass is 264 g/mol. The summed E-state index contributed by atoms with van der Waals surface area (Å²) in [6, 6.07) is 3.81. The number of alkyl halides is 3. The van der Waals surface area contributed by atoms with Crippen molar-refractivity contribution in [1.82, 2.24) is 0 Å². The van der Waals surface area contributed by atoms with Crippen molar-refractivity contribution < 1.29 is 13.2 Å². The highest BCUT2D eigenvalue weighted by molar-refractivity contribution is 6.33. The van der Waals surface area contributed by atoms with Crippen LogP contribution in [0, 0.1) is 0 Å². The summed E-state index contributed by atoms with van der Waals surface area (Å²) in [5.74, 6) is 0. The first-order chi connectivity index (χ1) is 7.88. The molecule has 0 spiro atoms. The number of nitrogens with two attached hydrogens (primary N) is 1. The molecule has 0 saturated heterocycles. The Bertz CT molecular complexity index is 414. The van der Waals surface area contributed by atoms with Crippen molar-refractivity contribution in [3.05, 3.63) is 28.8 Å². The Labute approximate surface area is 102 Å². The molecule has 0 radical (unpaired) electrons. The number of benzene rings is 1. The first kappa shape index (κ1) is 12.5.